The Morgan fingerprint density at radius 1 is 1.45 bits per heavy atom. The maximum Gasteiger partial charge on any atom is 0.272 e. The number of amides is 1. The fourth-order valence-electron chi connectivity index (χ4n) is 3.70. The van der Waals surface area contributed by atoms with Gasteiger partial charge in [0.15, 0.2) is 0 Å². The molecule has 0 saturated carbocycles. The molecule has 2 atom stereocenters. The number of carbonyl (C=O) groups is 1. The molecule has 3 rings (SSSR count). The summed E-state index contributed by atoms with van der Waals surface area (Å²) in [4.78, 5) is 19.3. The summed E-state index contributed by atoms with van der Waals surface area (Å²) in [6.07, 6.45) is 4.46. The molecule has 1 N–H and O–H groups in total. The number of likely N-dealkylation sites (tertiary alicyclic amines) is 1. The highest BCUT2D eigenvalue weighted by atomic mass is 16.2. The summed E-state index contributed by atoms with van der Waals surface area (Å²) in [6.45, 7) is 6.09. The lowest BCUT2D eigenvalue weighted by molar-refractivity contribution is 0.00832. The summed E-state index contributed by atoms with van der Waals surface area (Å²) in [6, 6.07) is 6.11. The number of pyridine rings is 1. The molecule has 4 heteroatoms. The molecule has 1 amide bonds. The maximum atomic E-state index is 12.8. The third-order valence-corrected chi connectivity index (χ3v) is 4.84. The number of hydrogen-bond acceptors (Lipinski definition) is 3. The van der Waals surface area contributed by atoms with Crippen molar-refractivity contribution in [1.29, 1.82) is 0 Å². The molecule has 0 aliphatic carbocycles. The van der Waals surface area contributed by atoms with Crippen LogP contribution in [0.5, 0.6) is 0 Å². The standard InChI is InChI=1S/C16H23N3O/c1-12-6-3-7-13(18-12)15(20)19-11-4-8-14-16(19,2)9-5-10-17-14/h3,6-7,14,17H,4-5,8-11H2,1-2H3/t14-,16+/m1/s1. The Morgan fingerprint density at radius 3 is 3.10 bits per heavy atom. The van der Waals surface area contributed by atoms with Crippen LogP contribution in [0.4, 0.5) is 0 Å². The van der Waals surface area contributed by atoms with Gasteiger partial charge in [0, 0.05) is 18.3 Å². The first-order valence-corrected chi connectivity index (χ1v) is 7.60. The molecular weight excluding hydrogens is 250 g/mol. The van der Waals surface area contributed by atoms with Gasteiger partial charge in [-0.15, -0.1) is 0 Å². The van der Waals surface area contributed by atoms with Crippen LogP contribution < -0.4 is 5.32 Å². The van der Waals surface area contributed by atoms with Gasteiger partial charge < -0.3 is 10.2 Å². The second-order valence-corrected chi connectivity index (χ2v) is 6.23. The van der Waals surface area contributed by atoms with Crippen LogP contribution in [0.1, 0.15) is 48.8 Å². The molecule has 0 spiro atoms. The van der Waals surface area contributed by atoms with Gasteiger partial charge in [0.05, 0.1) is 5.54 Å². The normalized spacial score (nSPS) is 29.9. The summed E-state index contributed by atoms with van der Waals surface area (Å²) >= 11 is 0. The van der Waals surface area contributed by atoms with E-state index in [0.717, 1.165) is 38.0 Å². The number of piperidine rings is 2. The first kappa shape index (κ1) is 13.6. The number of nitrogens with one attached hydrogen (secondary N) is 1. The van der Waals surface area contributed by atoms with Gasteiger partial charge in [-0.1, -0.05) is 6.07 Å². The van der Waals surface area contributed by atoms with E-state index < -0.39 is 0 Å². The Balaban J connectivity index is 1.89. The predicted molar refractivity (Wildman–Crippen MR) is 78.7 cm³/mol. The molecular formula is C16H23N3O. The van der Waals surface area contributed by atoms with E-state index in [9.17, 15) is 4.79 Å². The van der Waals surface area contributed by atoms with E-state index in [0.29, 0.717) is 11.7 Å². The van der Waals surface area contributed by atoms with E-state index >= 15 is 0 Å². The Morgan fingerprint density at radius 2 is 2.30 bits per heavy atom. The van der Waals surface area contributed by atoms with E-state index in [-0.39, 0.29) is 11.4 Å². The molecule has 20 heavy (non-hydrogen) atoms. The number of fused-ring (bicyclic) bond motifs is 1. The summed E-state index contributed by atoms with van der Waals surface area (Å²) in [7, 11) is 0. The lowest BCUT2D eigenvalue weighted by atomic mass is 9.77. The van der Waals surface area contributed by atoms with Crippen LogP contribution in [0.3, 0.4) is 0 Å². The van der Waals surface area contributed by atoms with Crippen molar-refractivity contribution in [2.45, 2.75) is 51.1 Å². The molecule has 4 nitrogen and oxygen atoms in total. The predicted octanol–water partition coefficient (Wildman–Crippen LogP) is 2.14. The maximum absolute atomic E-state index is 12.8. The molecule has 2 saturated heterocycles. The van der Waals surface area contributed by atoms with Crippen LogP contribution in [-0.4, -0.2) is 40.5 Å². The van der Waals surface area contributed by atoms with Crippen molar-refractivity contribution in [3.05, 3.63) is 29.6 Å². The van der Waals surface area contributed by atoms with Gasteiger partial charge in [-0.3, -0.25) is 4.79 Å². The monoisotopic (exact) mass is 273 g/mol. The van der Waals surface area contributed by atoms with Crippen LogP contribution in [0.15, 0.2) is 18.2 Å². The topological polar surface area (TPSA) is 45.2 Å². The third-order valence-electron chi connectivity index (χ3n) is 4.84. The Bertz CT molecular complexity index is 514. The van der Waals surface area contributed by atoms with Gasteiger partial charge in [-0.25, -0.2) is 4.98 Å². The smallest absolute Gasteiger partial charge is 0.272 e. The summed E-state index contributed by atoms with van der Waals surface area (Å²) < 4.78 is 0. The molecule has 0 bridgehead atoms. The van der Waals surface area contributed by atoms with Crippen molar-refractivity contribution in [3.63, 3.8) is 0 Å². The summed E-state index contributed by atoms with van der Waals surface area (Å²) in [5.74, 6) is 0.0876. The Labute approximate surface area is 120 Å². The highest BCUT2D eigenvalue weighted by Crippen LogP contribution is 2.35. The van der Waals surface area contributed by atoms with Gasteiger partial charge in [0.25, 0.3) is 5.91 Å². The van der Waals surface area contributed by atoms with Crippen molar-refractivity contribution in [2.75, 3.05) is 13.1 Å². The lowest BCUT2D eigenvalue weighted by Crippen LogP contribution is -2.66. The van der Waals surface area contributed by atoms with E-state index in [1.54, 1.807) is 0 Å². The minimum absolute atomic E-state index is 0.0565. The highest BCUT2D eigenvalue weighted by Gasteiger charge is 2.46. The average Bonchev–Trinajstić information content (AvgIpc) is 2.45. The Kier molecular flexibility index (Phi) is 3.50. The molecule has 0 unspecified atom stereocenters. The molecule has 1 aromatic rings. The van der Waals surface area contributed by atoms with E-state index in [1.165, 1.54) is 6.42 Å². The number of rotatable bonds is 1. The number of aryl methyl sites for hydroxylation is 1. The van der Waals surface area contributed by atoms with E-state index in [1.807, 2.05) is 25.1 Å². The van der Waals surface area contributed by atoms with Gasteiger partial charge in [-0.05, 0) is 58.2 Å². The number of hydrogen-bond donors (Lipinski definition) is 1. The van der Waals surface area contributed by atoms with Crippen molar-refractivity contribution in [2.24, 2.45) is 0 Å². The van der Waals surface area contributed by atoms with E-state index in [2.05, 4.69) is 22.1 Å². The highest BCUT2D eigenvalue weighted by molar-refractivity contribution is 5.93. The molecule has 2 aliphatic heterocycles. The summed E-state index contributed by atoms with van der Waals surface area (Å²) in [5.41, 5.74) is 1.42. The zero-order valence-corrected chi connectivity index (χ0v) is 12.4. The fraction of sp³-hybridized carbons (Fsp3) is 0.625. The number of carbonyl (C=O) groups excluding carboxylic acids is 1. The van der Waals surface area contributed by atoms with Crippen LogP contribution in [0, 0.1) is 6.92 Å². The van der Waals surface area contributed by atoms with Crippen molar-refractivity contribution >= 4 is 5.91 Å². The van der Waals surface area contributed by atoms with Crippen molar-refractivity contribution < 1.29 is 4.79 Å². The van der Waals surface area contributed by atoms with Gasteiger partial charge in [-0.2, -0.15) is 0 Å². The van der Waals surface area contributed by atoms with E-state index in [4.69, 9.17) is 0 Å². The lowest BCUT2D eigenvalue weighted by Gasteiger charge is -2.52. The zero-order chi connectivity index (χ0) is 14.2. The molecule has 1 aromatic heterocycles. The SMILES string of the molecule is Cc1cccc(C(=O)N2CCC[C@H]3NCCC[C@@]32C)n1. The van der Waals surface area contributed by atoms with Crippen molar-refractivity contribution in [1.82, 2.24) is 15.2 Å². The number of nitrogens with zero attached hydrogens (tertiary/aromatic N) is 2. The van der Waals surface area contributed by atoms with Gasteiger partial charge in [0.1, 0.15) is 5.69 Å². The molecule has 0 aromatic carbocycles. The molecule has 3 heterocycles. The second-order valence-electron chi connectivity index (χ2n) is 6.23. The van der Waals surface area contributed by atoms with Crippen LogP contribution in [0.2, 0.25) is 0 Å². The molecule has 108 valence electrons. The van der Waals surface area contributed by atoms with Gasteiger partial charge in [0.2, 0.25) is 0 Å². The third kappa shape index (κ3) is 2.22. The second kappa shape index (κ2) is 5.17. The van der Waals surface area contributed by atoms with Crippen LogP contribution in [0.25, 0.3) is 0 Å². The average molecular weight is 273 g/mol. The minimum atomic E-state index is -0.0565. The van der Waals surface area contributed by atoms with Crippen LogP contribution >= 0.6 is 0 Å². The summed E-state index contributed by atoms with van der Waals surface area (Å²) in [5, 5.41) is 3.59. The van der Waals surface area contributed by atoms with Gasteiger partial charge >= 0.3 is 0 Å². The molecule has 0 radical (unpaired) electrons. The number of aromatic nitrogens is 1. The quantitative estimate of drug-likeness (QED) is 0.852. The minimum Gasteiger partial charge on any atom is -0.330 e. The zero-order valence-electron chi connectivity index (χ0n) is 12.4. The van der Waals surface area contributed by atoms with Crippen molar-refractivity contribution in [3.8, 4) is 0 Å². The van der Waals surface area contributed by atoms with Crippen LogP contribution in [-0.2, 0) is 0 Å². The first-order chi connectivity index (χ1) is 9.61. The largest absolute Gasteiger partial charge is 0.330 e. The Hall–Kier alpha value is -1.42. The first-order valence-electron chi connectivity index (χ1n) is 7.60. The molecule has 2 fully saturated rings. The molecule has 2 aliphatic rings. The fourth-order valence-corrected chi connectivity index (χ4v) is 3.70.